The highest BCUT2D eigenvalue weighted by Crippen LogP contribution is 2.34. The first-order valence-corrected chi connectivity index (χ1v) is 9.80. The van der Waals surface area contributed by atoms with Gasteiger partial charge in [0, 0.05) is 23.0 Å². The van der Waals surface area contributed by atoms with Gasteiger partial charge in [0.05, 0.1) is 5.39 Å². The second-order valence-corrected chi connectivity index (χ2v) is 7.93. The van der Waals surface area contributed by atoms with Gasteiger partial charge in [0.1, 0.15) is 4.83 Å². The summed E-state index contributed by atoms with van der Waals surface area (Å²) in [6, 6.07) is 14.4. The van der Waals surface area contributed by atoms with Crippen molar-refractivity contribution >= 4 is 44.0 Å². The van der Waals surface area contributed by atoms with Crippen molar-refractivity contribution in [3.8, 4) is 0 Å². The zero-order valence-corrected chi connectivity index (χ0v) is 15.4. The molecule has 0 aliphatic heterocycles. The number of hydrogen-bond acceptors (Lipinski definition) is 4. The molecule has 2 heterocycles. The van der Waals surface area contributed by atoms with Gasteiger partial charge in [-0.2, -0.15) is 0 Å². The minimum absolute atomic E-state index is 0.0529. The first-order chi connectivity index (χ1) is 12.7. The molecule has 130 valence electrons. The maximum atomic E-state index is 13.0. The lowest BCUT2D eigenvalue weighted by Gasteiger charge is -2.13. The van der Waals surface area contributed by atoms with E-state index < -0.39 is 0 Å². The molecule has 0 amide bonds. The number of anilines is 2. The van der Waals surface area contributed by atoms with Crippen molar-refractivity contribution in [1.82, 2.24) is 9.55 Å². The topological polar surface area (TPSA) is 46.9 Å². The van der Waals surface area contributed by atoms with Crippen LogP contribution in [0.2, 0.25) is 0 Å². The summed E-state index contributed by atoms with van der Waals surface area (Å²) in [5, 5.41) is 6.50. The van der Waals surface area contributed by atoms with Crippen molar-refractivity contribution in [1.29, 1.82) is 0 Å². The molecule has 0 bridgehead atoms. The molecule has 1 aliphatic carbocycles. The molecule has 5 rings (SSSR count). The normalized spacial score (nSPS) is 13.9. The zero-order valence-electron chi connectivity index (χ0n) is 14.6. The fraction of sp³-hybridized carbons (Fsp3) is 0.238. The Morgan fingerprint density at radius 3 is 2.81 bits per heavy atom. The van der Waals surface area contributed by atoms with Gasteiger partial charge < -0.3 is 5.32 Å². The van der Waals surface area contributed by atoms with Gasteiger partial charge in [0.15, 0.2) is 0 Å². The maximum absolute atomic E-state index is 13.0. The van der Waals surface area contributed by atoms with Crippen molar-refractivity contribution in [2.24, 2.45) is 7.05 Å². The third-order valence-corrected chi connectivity index (χ3v) is 6.42. The summed E-state index contributed by atoms with van der Waals surface area (Å²) < 4.78 is 1.64. The molecule has 2 aromatic heterocycles. The van der Waals surface area contributed by atoms with Crippen LogP contribution >= 0.6 is 11.3 Å². The molecule has 0 atom stereocenters. The van der Waals surface area contributed by atoms with Crippen molar-refractivity contribution in [3.05, 3.63) is 63.3 Å². The Morgan fingerprint density at radius 1 is 1.08 bits per heavy atom. The van der Waals surface area contributed by atoms with Gasteiger partial charge in [-0.3, -0.25) is 9.36 Å². The molecule has 0 fully saturated rings. The Morgan fingerprint density at radius 2 is 1.88 bits per heavy atom. The maximum Gasteiger partial charge on any atom is 0.263 e. The lowest BCUT2D eigenvalue weighted by atomic mass is 9.97. The first-order valence-electron chi connectivity index (χ1n) is 8.98. The molecule has 26 heavy (non-hydrogen) atoms. The van der Waals surface area contributed by atoms with E-state index in [9.17, 15) is 4.79 Å². The highest BCUT2D eigenvalue weighted by atomic mass is 32.1. The van der Waals surface area contributed by atoms with Crippen LogP contribution in [-0.2, 0) is 19.9 Å². The SMILES string of the molecule is Cn1c(Nc2cccc3ccccc23)nc2sc3c(c2c1=O)CCCC3. The lowest BCUT2D eigenvalue weighted by molar-refractivity contribution is 0.699. The molecule has 0 saturated heterocycles. The quantitative estimate of drug-likeness (QED) is 0.559. The summed E-state index contributed by atoms with van der Waals surface area (Å²) in [4.78, 5) is 20.0. The predicted molar refractivity (Wildman–Crippen MR) is 109 cm³/mol. The van der Waals surface area contributed by atoms with E-state index in [2.05, 4.69) is 23.5 Å². The molecule has 4 aromatic rings. The van der Waals surface area contributed by atoms with Gasteiger partial charge in [-0.1, -0.05) is 36.4 Å². The van der Waals surface area contributed by atoms with E-state index in [0.29, 0.717) is 5.95 Å². The lowest BCUT2D eigenvalue weighted by Crippen LogP contribution is -2.21. The van der Waals surface area contributed by atoms with Gasteiger partial charge in [0.25, 0.3) is 5.56 Å². The number of rotatable bonds is 2. The Labute approximate surface area is 155 Å². The summed E-state index contributed by atoms with van der Waals surface area (Å²) in [6.45, 7) is 0. The largest absolute Gasteiger partial charge is 0.325 e. The fourth-order valence-electron chi connectivity index (χ4n) is 3.85. The average molecular weight is 361 g/mol. The number of nitrogens with zero attached hydrogens (tertiary/aromatic N) is 2. The van der Waals surface area contributed by atoms with Crippen LogP contribution in [0.4, 0.5) is 11.6 Å². The van der Waals surface area contributed by atoms with E-state index >= 15 is 0 Å². The molecule has 0 spiro atoms. The summed E-state index contributed by atoms with van der Waals surface area (Å²) in [5.74, 6) is 0.595. The van der Waals surface area contributed by atoms with Gasteiger partial charge in [-0.15, -0.1) is 11.3 Å². The monoisotopic (exact) mass is 361 g/mol. The molecule has 0 saturated carbocycles. The number of nitrogens with one attached hydrogen (secondary N) is 1. The summed E-state index contributed by atoms with van der Waals surface area (Å²) >= 11 is 1.69. The van der Waals surface area contributed by atoms with E-state index in [0.717, 1.165) is 45.9 Å². The van der Waals surface area contributed by atoms with Crippen molar-refractivity contribution < 1.29 is 0 Å². The van der Waals surface area contributed by atoms with E-state index in [4.69, 9.17) is 4.98 Å². The third-order valence-electron chi connectivity index (χ3n) is 5.23. The number of benzene rings is 2. The van der Waals surface area contributed by atoms with Gasteiger partial charge in [0.2, 0.25) is 5.95 Å². The number of aryl methyl sites for hydroxylation is 2. The second-order valence-electron chi connectivity index (χ2n) is 6.84. The molecule has 5 heteroatoms. The average Bonchev–Trinajstić information content (AvgIpc) is 3.04. The van der Waals surface area contributed by atoms with E-state index in [-0.39, 0.29) is 5.56 Å². The second kappa shape index (κ2) is 5.95. The van der Waals surface area contributed by atoms with Crippen molar-refractivity contribution in [3.63, 3.8) is 0 Å². The van der Waals surface area contributed by atoms with Crippen LogP contribution in [0.25, 0.3) is 21.0 Å². The molecule has 1 N–H and O–H groups in total. The molecule has 0 radical (unpaired) electrons. The summed E-state index contributed by atoms with van der Waals surface area (Å²) in [7, 11) is 1.80. The Hall–Kier alpha value is -2.66. The van der Waals surface area contributed by atoms with Crippen LogP contribution in [0.15, 0.2) is 47.3 Å². The molecule has 0 unspecified atom stereocenters. The van der Waals surface area contributed by atoms with Gasteiger partial charge >= 0.3 is 0 Å². The van der Waals surface area contributed by atoms with Crippen LogP contribution in [0.1, 0.15) is 23.3 Å². The minimum Gasteiger partial charge on any atom is -0.325 e. The van der Waals surface area contributed by atoms with Crippen LogP contribution in [0.3, 0.4) is 0 Å². The fourth-order valence-corrected chi connectivity index (χ4v) is 5.10. The Bertz CT molecular complexity index is 1200. The smallest absolute Gasteiger partial charge is 0.263 e. The molecule has 2 aromatic carbocycles. The van der Waals surface area contributed by atoms with Gasteiger partial charge in [-0.05, 0) is 42.7 Å². The van der Waals surface area contributed by atoms with Crippen LogP contribution in [-0.4, -0.2) is 9.55 Å². The number of thiophene rings is 1. The van der Waals surface area contributed by atoms with Crippen LogP contribution in [0.5, 0.6) is 0 Å². The highest BCUT2D eigenvalue weighted by Gasteiger charge is 2.21. The molecule has 4 nitrogen and oxygen atoms in total. The van der Waals surface area contributed by atoms with Crippen molar-refractivity contribution in [2.75, 3.05) is 5.32 Å². The Kier molecular flexibility index (Phi) is 3.57. The standard InChI is InChI=1S/C21H19N3OS/c1-24-20(25)18-15-10-4-5-12-17(15)26-19(18)23-21(24)22-16-11-6-8-13-7-2-3-9-14(13)16/h2-3,6-9,11H,4-5,10,12H2,1H3,(H,22,23). The molecular formula is C21H19N3OS. The molecule has 1 aliphatic rings. The molecular weight excluding hydrogens is 342 g/mol. The predicted octanol–water partition coefficient (Wildman–Crippen LogP) is 4.77. The minimum atomic E-state index is 0.0529. The highest BCUT2D eigenvalue weighted by molar-refractivity contribution is 7.18. The van der Waals surface area contributed by atoms with Crippen LogP contribution < -0.4 is 10.9 Å². The van der Waals surface area contributed by atoms with Crippen molar-refractivity contribution in [2.45, 2.75) is 25.7 Å². The van der Waals surface area contributed by atoms with Crippen LogP contribution in [0, 0.1) is 0 Å². The Balaban J connectivity index is 1.67. The summed E-state index contributed by atoms with van der Waals surface area (Å²) in [6.07, 6.45) is 4.45. The van der Waals surface area contributed by atoms with E-state index in [1.165, 1.54) is 16.9 Å². The summed E-state index contributed by atoms with van der Waals surface area (Å²) in [5.41, 5.74) is 2.25. The number of aromatic nitrogens is 2. The van der Waals surface area contributed by atoms with Gasteiger partial charge in [-0.25, -0.2) is 4.98 Å². The van der Waals surface area contributed by atoms with E-state index in [1.54, 1.807) is 23.0 Å². The van der Waals surface area contributed by atoms with E-state index in [1.807, 2.05) is 24.3 Å². The number of fused-ring (bicyclic) bond motifs is 4. The zero-order chi connectivity index (χ0) is 17.7. The first kappa shape index (κ1) is 15.6. The number of hydrogen-bond donors (Lipinski definition) is 1. The third kappa shape index (κ3) is 2.35.